The number of hydrogen-bond donors (Lipinski definition) is 0. The molecule has 0 amide bonds. The van der Waals surface area contributed by atoms with Gasteiger partial charge in [-0.25, -0.2) is 4.39 Å². The number of ether oxygens (including phenoxy) is 1. The van der Waals surface area contributed by atoms with E-state index in [1.54, 1.807) is 12.1 Å². The molecule has 2 aromatic rings. The maximum atomic E-state index is 14.0. The zero-order valence-electron chi connectivity index (χ0n) is 14.0. The van der Waals surface area contributed by atoms with Gasteiger partial charge in [0.25, 0.3) is 0 Å². The summed E-state index contributed by atoms with van der Waals surface area (Å²) in [4.78, 5) is 2.26. The van der Waals surface area contributed by atoms with Crippen LogP contribution in [0.2, 0.25) is 5.02 Å². The molecule has 0 aromatic heterocycles. The third-order valence-electron chi connectivity index (χ3n) is 4.61. The van der Waals surface area contributed by atoms with E-state index in [9.17, 15) is 4.39 Å². The molecule has 1 saturated heterocycles. The first-order valence-electron chi connectivity index (χ1n) is 8.44. The minimum Gasteiger partial charge on any atom is -0.372 e. The molecule has 2 aromatic carbocycles. The molecular weight excluding hydrogens is 325 g/mol. The molecule has 1 atom stereocenters. The van der Waals surface area contributed by atoms with Gasteiger partial charge in [-0.05, 0) is 49.6 Å². The van der Waals surface area contributed by atoms with Crippen LogP contribution in [0.1, 0.15) is 29.5 Å². The highest BCUT2D eigenvalue weighted by Crippen LogP contribution is 2.21. The highest BCUT2D eigenvalue weighted by Gasteiger charge is 2.21. The Balaban J connectivity index is 1.55. The van der Waals surface area contributed by atoms with E-state index in [0.29, 0.717) is 23.7 Å². The lowest BCUT2D eigenvalue weighted by atomic mass is 10.1. The Labute approximate surface area is 148 Å². The topological polar surface area (TPSA) is 12.5 Å². The van der Waals surface area contributed by atoms with Gasteiger partial charge in [0.2, 0.25) is 0 Å². The summed E-state index contributed by atoms with van der Waals surface area (Å²) in [5.41, 5.74) is 3.19. The van der Waals surface area contributed by atoms with Crippen LogP contribution in [0.4, 0.5) is 4.39 Å². The van der Waals surface area contributed by atoms with Gasteiger partial charge >= 0.3 is 0 Å². The van der Waals surface area contributed by atoms with Crippen LogP contribution in [0, 0.1) is 12.7 Å². The molecule has 0 radical (unpaired) electrons. The third-order valence-corrected chi connectivity index (χ3v) is 4.84. The molecule has 24 heavy (non-hydrogen) atoms. The average Bonchev–Trinajstić information content (AvgIpc) is 2.57. The smallest absolute Gasteiger partial charge is 0.129 e. The molecule has 1 fully saturated rings. The fourth-order valence-corrected chi connectivity index (χ4v) is 3.32. The Hall–Kier alpha value is -1.42. The molecule has 0 spiro atoms. The first-order chi connectivity index (χ1) is 11.6. The van der Waals surface area contributed by atoms with Crippen molar-refractivity contribution in [2.24, 2.45) is 0 Å². The van der Waals surface area contributed by atoms with E-state index < -0.39 is 0 Å². The van der Waals surface area contributed by atoms with Crippen molar-refractivity contribution in [2.45, 2.75) is 39.0 Å². The van der Waals surface area contributed by atoms with Gasteiger partial charge in [0.15, 0.2) is 0 Å². The van der Waals surface area contributed by atoms with E-state index in [0.717, 1.165) is 25.9 Å². The van der Waals surface area contributed by atoms with Crippen LogP contribution in [0.3, 0.4) is 0 Å². The fraction of sp³-hybridized carbons (Fsp3) is 0.400. The van der Waals surface area contributed by atoms with Crippen LogP contribution in [0.5, 0.6) is 0 Å². The van der Waals surface area contributed by atoms with Crippen LogP contribution in [-0.4, -0.2) is 24.1 Å². The summed E-state index contributed by atoms with van der Waals surface area (Å²) in [7, 11) is 0. The third kappa shape index (κ3) is 4.56. The van der Waals surface area contributed by atoms with E-state index in [1.165, 1.54) is 17.2 Å². The predicted molar refractivity (Wildman–Crippen MR) is 95.7 cm³/mol. The van der Waals surface area contributed by atoms with Crippen molar-refractivity contribution in [2.75, 3.05) is 13.1 Å². The van der Waals surface area contributed by atoms with Crippen molar-refractivity contribution in [3.8, 4) is 0 Å². The van der Waals surface area contributed by atoms with Crippen LogP contribution >= 0.6 is 11.6 Å². The highest BCUT2D eigenvalue weighted by atomic mass is 35.5. The molecule has 0 unspecified atom stereocenters. The van der Waals surface area contributed by atoms with Gasteiger partial charge in [-0.2, -0.15) is 0 Å². The average molecular weight is 348 g/mol. The second-order valence-electron chi connectivity index (χ2n) is 6.47. The van der Waals surface area contributed by atoms with Crippen LogP contribution in [-0.2, 0) is 17.9 Å². The largest absolute Gasteiger partial charge is 0.372 e. The highest BCUT2D eigenvalue weighted by molar-refractivity contribution is 6.30. The van der Waals surface area contributed by atoms with Crippen LogP contribution in [0.25, 0.3) is 0 Å². The van der Waals surface area contributed by atoms with Crippen LogP contribution in [0.15, 0.2) is 42.5 Å². The van der Waals surface area contributed by atoms with E-state index in [4.69, 9.17) is 16.3 Å². The second-order valence-corrected chi connectivity index (χ2v) is 6.91. The number of nitrogens with zero attached hydrogens (tertiary/aromatic N) is 1. The van der Waals surface area contributed by atoms with Gasteiger partial charge in [0, 0.05) is 23.7 Å². The van der Waals surface area contributed by atoms with Gasteiger partial charge in [-0.15, -0.1) is 0 Å². The fourth-order valence-electron chi connectivity index (χ4n) is 3.16. The molecule has 0 aliphatic carbocycles. The van der Waals surface area contributed by atoms with Gasteiger partial charge < -0.3 is 4.74 Å². The number of piperidine rings is 1. The second kappa shape index (κ2) is 8.11. The summed E-state index contributed by atoms with van der Waals surface area (Å²) < 4.78 is 20.1. The maximum Gasteiger partial charge on any atom is 0.129 e. The SMILES string of the molecule is Cc1ccccc1CO[C@H]1CCCN(Cc2ccc(Cl)cc2F)C1. The van der Waals surface area contributed by atoms with Crippen molar-refractivity contribution < 1.29 is 9.13 Å². The molecule has 128 valence electrons. The summed E-state index contributed by atoms with van der Waals surface area (Å²) >= 11 is 5.82. The Morgan fingerprint density at radius 1 is 1.21 bits per heavy atom. The van der Waals surface area contributed by atoms with Gasteiger partial charge in [-0.1, -0.05) is 41.9 Å². The molecule has 2 nitrogen and oxygen atoms in total. The number of aryl methyl sites for hydroxylation is 1. The van der Waals surface area contributed by atoms with Crippen molar-refractivity contribution in [3.05, 3.63) is 70.0 Å². The number of benzene rings is 2. The molecule has 1 aliphatic heterocycles. The van der Waals surface area contributed by atoms with Gasteiger partial charge in [-0.3, -0.25) is 4.90 Å². The van der Waals surface area contributed by atoms with Crippen molar-refractivity contribution in [1.29, 1.82) is 0 Å². The Kier molecular flexibility index (Phi) is 5.88. The maximum absolute atomic E-state index is 14.0. The molecular formula is C20H23ClFNO. The molecule has 0 N–H and O–H groups in total. The minimum atomic E-state index is -0.231. The van der Waals surface area contributed by atoms with E-state index in [-0.39, 0.29) is 11.9 Å². The standard InChI is InChI=1S/C20H23ClFNO/c1-15-5-2-3-6-17(15)14-24-19-7-4-10-23(13-19)12-16-8-9-18(21)11-20(16)22/h2-3,5-6,8-9,11,19H,4,7,10,12-14H2,1H3/t19-/m0/s1. The number of halogens is 2. The Bertz CT molecular complexity index is 691. The number of hydrogen-bond acceptors (Lipinski definition) is 2. The molecule has 3 rings (SSSR count). The van der Waals surface area contributed by atoms with E-state index in [1.807, 2.05) is 12.1 Å². The lowest BCUT2D eigenvalue weighted by Crippen LogP contribution is -2.39. The summed E-state index contributed by atoms with van der Waals surface area (Å²) in [5.74, 6) is -0.231. The lowest BCUT2D eigenvalue weighted by Gasteiger charge is -2.32. The zero-order valence-corrected chi connectivity index (χ0v) is 14.7. The van der Waals surface area contributed by atoms with Gasteiger partial charge in [0.1, 0.15) is 5.82 Å². The molecule has 1 heterocycles. The monoisotopic (exact) mass is 347 g/mol. The first-order valence-corrected chi connectivity index (χ1v) is 8.82. The van der Waals surface area contributed by atoms with E-state index >= 15 is 0 Å². The molecule has 0 bridgehead atoms. The molecule has 0 saturated carbocycles. The zero-order chi connectivity index (χ0) is 16.9. The molecule has 1 aliphatic rings. The Morgan fingerprint density at radius 2 is 2.04 bits per heavy atom. The lowest BCUT2D eigenvalue weighted by molar-refractivity contribution is -0.0124. The predicted octanol–water partition coefficient (Wildman–Crippen LogP) is 4.97. The summed E-state index contributed by atoms with van der Waals surface area (Å²) in [6, 6.07) is 13.2. The first kappa shape index (κ1) is 17.4. The van der Waals surface area contributed by atoms with Crippen molar-refractivity contribution >= 4 is 11.6 Å². The number of rotatable bonds is 5. The number of likely N-dealkylation sites (tertiary alicyclic amines) is 1. The summed E-state index contributed by atoms with van der Waals surface area (Å²) in [6.07, 6.45) is 2.34. The quantitative estimate of drug-likeness (QED) is 0.757. The Morgan fingerprint density at radius 3 is 2.83 bits per heavy atom. The van der Waals surface area contributed by atoms with Gasteiger partial charge in [0.05, 0.1) is 12.7 Å². The van der Waals surface area contributed by atoms with E-state index in [2.05, 4.69) is 24.0 Å². The van der Waals surface area contributed by atoms with Crippen molar-refractivity contribution in [3.63, 3.8) is 0 Å². The van der Waals surface area contributed by atoms with Crippen molar-refractivity contribution in [1.82, 2.24) is 4.90 Å². The van der Waals surface area contributed by atoms with Crippen LogP contribution < -0.4 is 0 Å². The minimum absolute atomic E-state index is 0.203. The normalized spacial score (nSPS) is 18.7. The summed E-state index contributed by atoms with van der Waals surface area (Å²) in [5, 5.41) is 0.439. The summed E-state index contributed by atoms with van der Waals surface area (Å²) in [6.45, 7) is 5.17. The molecule has 4 heteroatoms.